The molecule has 52 valence electrons. The second kappa shape index (κ2) is 2.94. The van der Waals surface area contributed by atoms with Crippen LogP contribution in [0.1, 0.15) is 18.7 Å². The molecule has 4 heteroatoms. The molecule has 0 aliphatic rings. The molecule has 1 rings (SSSR count). The van der Waals surface area contributed by atoms with Crippen LogP contribution in [0.2, 0.25) is 0 Å². The normalized spacial score (nSPS) is 12.1. The van der Waals surface area contributed by atoms with Gasteiger partial charge in [-0.25, -0.2) is 0 Å². The first-order valence-electron chi connectivity index (χ1n) is 2.92. The highest BCUT2D eigenvalue weighted by atomic mass is 16.3. The molecule has 10 heavy (non-hydrogen) atoms. The molecule has 0 fully saturated rings. The molecular formula is C6H7N3O. The maximum atomic E-state index is 8.05. The van der Waals surface area contributed by atoms with Gasteiger partial charge in [0.2, 0.25) is 0 Å². The third-order valence-corrected chi connectivity index (χ3v) is 1.18. The minimum Gasteiger partial charge on any atom is -0.469 e. The Bertz CT molecular complexity index is 236. The van der Waals surface area contributed by atoms with Crippen molar-refractivity contribution in [3.63, 3.8) is 0 Å². The zero-order valence-electron chi connectivity index (χ0n) is 5.56. The van der Waals surface area contributed by atoms with Crippen molar-refractivity contribution >= 4 is 0 Å². The van der Waals surface area contributed by atoms with Crippen molar-refractivity contribution in [2.45, 2.75) is 13.0 Å². The van der Waals surface area contributed by atoms with Gasteiger partial charge in [-0.2, -0.15) is 0 Å². The van der Waals surface area contributed by atoms with E-state index in [-0.39, 0.29) is 6.04 Å². The number of nitrogens with zero attached hydrogens (tertiary/aromatic N) is 3. The fourth-order valence-electron chi connectivity index (χ4n) is 0.663. The minimum atomic E-state index is -0.208. The summed E-state index contributed by atoms with van der Waals surface area (Å²) in [4.78, 5) is 2.66. The van der Waals surface area contributed by atoms with E-state index in [0.717, 1.165) is 0 Å². The molecule has 1 unspecified atom stereocenters. The quantitative estimate of drug-likeness (QED) is 0.351. The van der Waals surface area contributed by atoms with Gasteiger partial charge in [0.05, 0.1) is 12.3 Å². The van der Waals surface area contributed by atoms with Gasteiger partial charge >= 0.3 is 0 Å². The number of hydrogen-bond acceptors (Lipinski definition) is 2. The average molecular weight is 137 g/mol. The van der Waals surface area contributed by atoms with E-state index in [4.69, 9.17) is 9.95 Å². The Balaban J connectivity index is 2.76. The molecule has 0 spiro atoms. The second-order valence-corrected chi connectivity index (χ2v) is 1.90. The van der Waals surface area contributed by atoms with Crippen molar-refractivity contribution in [1.29, 1.82) is 0 Å². The molecule has 1 atom stereocenters. The smallest absolute Gasteiger partial charge is 0.112 e. The Kier molecular flexibility index (Phi) is 1.97. The summed E-state index contributed by atoms with van der Waals surface area (Å²) < 4.78 is 4.98. The van der Waals surface area contributed by atoms with Gasteiger partial charge in [0.1, 0.15) is 5.76 Å². The molecule has 1 aromatic heterocycles. The van der Waals surface area contributed by atoms with E-state index in [1.54, 1.807) is 25.3 Å². The summed E-state index contributed by atoms with van der Waals surface area (Å²) in [7, 11) is 0. The Hall–Kier alpha value is -1.41. The van der Waals surface area contributed by atoms with Crippen LogP contribution in [0.15, 0.2) is 27.9 Å². The van der Waals surface area contributed by atoms with E-state index < -0.39 is 0 Å². The first-order valence-corrected chi connectivity index (χ1v) is 2.92. The molecule has 0 radical (unpaired) electrons. The van der Waals surface area contributed by atoms with E-state index in [2.05, 4.69) is 10.0 Å². The summed E-state index contributed by atoms with van der Waals surface area (Å²) in [5.41, 5.74) is 8.05. The van der Waals surface area contributed by atoms with Gasteiger partial charge in [-0.1, -0.05) is 5.11 Å². The van der Waals surface area contributed by atoms with E-state index in [1.807, 2.05) is 0 Å². The van der Waals surface area contributed by atoms with E-state index in [9.17, 15) is 0 Å². The monoisotopic (exact) mass is 137 g/mol. The second-order valence-electron chi connectivity index (χ2n) is 1.90. The molecule has 0 bridgehead atoms. The Morgan fingerprint density at radius 1 is 1.80 bits per heavy atom. The summed E-state index contributed by atoms with van der Waals surface area (Å²) in [6.07, 6.45) is 1.55. The van der Waals surface area contributed by atoms with Gasteiger partial charge in [0.25, 0.3) is 0 Å². The first-order chi connectivity index (χ1) is 4.84. The minimum absolute atomic E-state index is 0.208. The van der Waals surface area contributed by atoms with Gasteiger partial charge in [0, 0.05) is 4.91 Å². The van der Waals surface area contributed by atoms with E-state index in [1.165, 1.54) is 0 Å². The molecule has 1 aromatic rings. The maximum Gasteiger partial charge on any atom is 0.112 e. The lowest BCUT2D eigenvalue weighted by atomic mass is 10.3. The van der Waals surface area contributed by atoms with Crippen LogP contribution in [0.5, 0.6) is 0 Å². The third kappa shape index (κ3) is 1.30. The van der Waals surface area contributed by atoms with Crippen LogP contribution < -0.4 is 0 Å². The summed E-state index contributed by atoms with van der Waals surface area (Å²) in [5, 5.41) is 3.45. The summed E-state index contributed by atoms with van der Waals surface area (Å²) >= 11 is 0. The molecule has 0 aliphatic carbocycles. The molecule has 0 aromatic carbocycles. The van der Waals surface area contributed by atoms with Crippen molar-refractivity contribution in [2.24, 2.45) is 5.11 Å². The van der Waals surface area contributed by atoms with Crippen LogP contribution in [-0.4, -0.2) is 0 Å². The molecule has 0 aliphatic heterocycles. The first kappa shape index (κ1) is 6.71. The van der Waals surface area contributed by atoms with Crippen LogP contribution in [0.4, 0.5) is 0 Å². The molecule has 0 N–H and O–H groups in total. The lowest BCUT2D eigenvalue weighted by Crippen LogP contribution is -1.81. The predicted molar refractivity (Wildman–Crippen MR) is 36.3 cm³/mol. The molecule has 4 nitrogen and oxygen atoms in total. The van der Waals surface area contributed by atoms with Crippen LogP contribution >= 0.6 is 0 Å². The topological polar surface area (TPSA) is 61.9 Å². The fourth-order valence-corrected chi connectivity index (χ4v) is 0.663. The van der Waals surface area contributed by atoms with Crippen molar-refractivity contribution in [2.75, 3.05) is 0 Å². The highest BCUT2D eigenvalue weighted by Crippen LogP contribution is 2.15. The molecule has 0 saturated heterocycles. The zero-order chi connectivity index (χ0) is 7.40. The number of azide groups is 1. The highest BCUT2D eigenvalue weighted by molar-refractivity contribution is 5.02. The summed E-state index contributed by atoms with van der Waals surface area (Å²) in [6, 6.07) is 3.33. The predicted octanol–water partition coefficient (Wildman–Crippen LogP) is 2.65. The molecule has 0 saturated carbocycles. The third-order valence-electron chi connectivity index (χ3n) is 1.18. The standard InChI is InChI=1S/C6H7N3O/c1-5(8-9-7)6-3-2-4-10-6/h2-5H,1H3. The Labute approximate surface area is 58.1 Å². The average Bonchev–Trinajstić information content (AvgIpc) is 2.38. The maximum absolute atomic E-state index is 8.05. The number of hydrogen-bond donors (Lipinski definition) is 0. The Morgan fingerprint density at radius 2 is 2.60 bits per heavy atom. The van der Waals surface area contributed by atoms with Crippen molar-refractivity contribution < 1.29 is 4.42 Å². The number of furan rings is 1. The van der Waals surface area contributed by atoms with Gasteiger partial charge in [-0.15, -0.1) is 0 Å². The van der Waals surface area contributed by atoms with Gasteiger partial charge < -0.3 is 4.42 Å². The Morgan fingerprint density at radius 3 is 3.10 bits per heavy atom. The van der Waals surface area contributed by atoms with Crippen LogP contribution in [0.3, 0.4) is 0 Å². The van der Waals surface area contributed by atoms with E-state index >= 15 is 0 Å². The van der Waals surface area contributed by atoms with Crippen molar-refractivity contribution in [3.05, 3.63) is 34.6 Å². The molecule has 0 amide bonds. The SMILES string of the molecule is CC(N=[N+]=[N-])c1ccco1. The van der Waals surface area contributed by atoms with Crippen LogP contribution in [0.25, 0.3) is 10.4 Å². The lowest BCUT2D eigenvalue weighted by molar-refractivity contribution is 0.479. The van der Waals surface area contributed by atoms with Gasteiger partial charge in [0.15, 0.2) is 0 Å². The van der Waals surface area contributed by atoms with Gasteiger partial charge in [-0.05, 0) is 24.6 Å². The van der Waals surface area contributed by atoms with E-state index in [0.29, 0.717) is 5.76 Å². The zero-order valence-corrected chi connectivity index (χ0v) is 5.56. The summed E-state index contributed by atoms with van der Waals surface area (Å²) in [5.74, 6) is 0.692. The summed E-state index contributed by atoms with van der Waals surface area (Å²) in [6.45, 7) is 1.78. The largest absolute Gasteiger partial charge is 0.469 e. The van der Waals surface area contributed by atoms with Crippen molar-refractivity contribution in [1.82, 2.24) is 0 Å². The van der Waals surface area contributed by atoms with Crippen LogP contribution in [-0.2, 0) is 0 Å². The van der Waals surface area contributed by atoms with Crippen molar-refractivity contribution in [3.8, 4) is 0 Å². The molecule has 1 heterocycles. The highest BCUT2D eigenvalue weighted by Gasteiger charge is 2.03. The molecular weight excluding hydrogens is 130 g/mol. The number of rotatable bonds is 2. The van der Waals surface area contributed by atoms with Gasteiger partial charge in [-0.3, -0.25) is 0 Å². The lowest BCUT2D eigenvalue weighted by Gasteiger charge is -1.95. The van der Waals surface area contributed by atoms with Crippen LogP contribution in [0, 0.1) is 0 Å². The fraction of sp³-hybridized carbons (Fsp3) is 0.333.